The van der Waals surface area contributed by atoms with Crippen LogP contribution in [0.25, 0.3) is 0 Å². The molecule has 2 rings (SSSR count). The van der Waals surface area contributed by atoms with Gasteiger partial charge in [0.1, 0.15) is 11.5 Å². The van der Waals surface area contributed by atoms with E-state index in [9.17, 15) is 10.1 Å². The molecular formula is C18H23N2O5P. The van der Waals surface area contributed by atoms with Crippen molar-refractivity contribution in [2.24, 2.45) is 0 Å². The fraction of sp³-hybridized carbons (Fsp3) is 0.333. The van der Waals surface area contributed by atoms with Crippen LogP contribution in [0.3, 0.4) is 0 Å². The number of ether oxygens (including phenoxy) is 1. The molecule has 8 heteroatoms. The molecule has 1 unspecified atom stereocenters. The van der Waals surface area contributed by atoms with Gasteiger partial charge in [-0.05, 0) is 43.7 Å². The van der Waals surface area contributed by atoms with Crippen molar-refractivity contribution in [3.8, 4) is 5.75 Å². The molecular weight excluding hydrogens is 355 g/mol. The Kier molecular flexibility index (Phi) is 7.78. The highest BCUT2D eigenvalue weighted by Gasteiger charge is 2.26. The molecule has 26 heavy (non-hydrogen) atoms. The molecule has 0 bridgehead atoms. The lowest BCUT2D eigenvalue weighted by molar-refractivity contribution is -0.384. The van der Waals surface area contributed by atoms with Crippen molar-refractivity contribution in [2.45, 2.75) is 19.6 Å². The largest absolute Gasteiger partial charge is 0.497 e. The summed E-state index contributed by atoms with van der Waals surface area (Å²) in [4.78, 5) is 10.4. The molecule has 2 aromatic rings. The van der Waals surface area contributed by atoms with Crippen LogP contribution in [0.1, 0.15) is 25.2 Å². The maximum atomic E-state index is 10.8. The first-order valence-corrected chi connectivity index (χ1v) is 9.53. The standard InChI is InChI=1S/C18H23N2O5P/c1-4-24-26(25-5-2)18(14-6-12-17(23-3)13-7-14)19-15-8-10-16(11-9-15)20(21)22/h6-13,18-19H,4-5H2,1-3H3. The summed E-state index contributed by atoms with van der Waals surface area (Å²) < 4.78 is 16.9. The van der Waals surface area contributed by atoms with Crippen LogP contribution < -0.4 is 10.1 Å². The Bertz CT molecular complexity index is 688. The summed E-state index contributed by atoms with van der Waals surface area (Å²) in [5.74, 6) is 0.539. The highest BCUT2D eigenvalue weighted by atomic mass is 31.2. The molecule has 0 fully saturated rings. The third kappa shape index (κ3) is 5.39. The van der Waals surface area contributed by atoms with E-state index in [0.717, 1.165) is 17.0 Å². The number of methoxy groups -OCH3 is 1. The van der Waals surface area contributed by atoms with E-state index in [0.29, 0.717) is 13.2 Å². The maximum Gasteiger partial charge on any atom is 0.269 e. The molecule has 0 radical (unpaired) electrons. The lowest BCUT2D eigenvalue weighted by Gasteiger charge is -2.27. The smallest absolute Gasteiger partial charge is 0.269 e. The average Bonchev–Trinajstić information content (AvgIpc) is 2.66. The predicted molar refractivity (Wildman–Crippen MR) is 103 cm³/mol. The zero-order chi connectivity index (χ0) is 18.9. The minimum absolute atomic E-state index is 0.0495. The minimum atomic E-state index is -1.24. The van der Waals surface area contributed by atoms with Crippen LogP contribution in [0.5, 0.6) is 5.75 Å². The van der Waals surface area contributed by atoms with Gasteiger partial charge in [0, 0.05) is 17.8 Å². The Balaban J connectivity index is 2.29. The Morgan fingerprint density at radius 2 is 1.62 bits per heavy atom. The van der Waals surface area contributed by atoms with E-state index < -0.39 is 13.3 Å². The topological polar surface area (TPSA) is 82.9 Å². The van der Waals surface area contributed by atoms with Crippen LogP contribution in [0, 0.1) is 10.1 Å². The fourth-order valence-electron chi connectivity index (χ4n) is 2.32. The van der Waals surface area contributed by atoms with Crippen LogP contribution in [-0.2, 0) is 9.05 Å². The number of hydrogen-bond donors (Lipinski definition) is 1. The second-order valence-corrected chi connectivity index (χ2v) is 6.85. The second kappa shape index (κ2) is 10.1. The first-order valence-electron chi connectivity index (χ1n) is 8.29. The second-order valence-electron chi connectivity index (χ2n) is 5.24. The van der Waals surface area contributed by atoms with Crippen LogP contribution in [0.4, 0.5) is 11.4 Å². The molecule has 2 aromatic carbocycles. The van der Waals surface area contributed by atoms with Crippen molar-refractivity contribution in [2.75, 3.05) is 25.6 Å². The van der Waals surface area contributed by atoms with Crippen molar-refractivity contribution < 1.29 is 18.7 Å². The Hall–Kier alpha value is -2.21. The van der Waals surface area contributed by atoms with Gasteiger partial charge in [-0.15, -0.1) is 0 Å². The first-order chi connectivity index (χ1) is 12.6. The fourth-order valence-corrected chi connectivity index (χ4v) is 3.87. The summed E-state index contributed by atoms with van der Waals surface area (Å²) >= 11 is 0. The third-order valence-corrected chi connectivity index (χ3v) is 5.41. The molecule has 7 nitrogen and oxygen atoms in total. The maximum absolute atomic E-state index is 10.8. The number of anilines is 1. The number of benzene rings is 2. The van der Waals surface area contributed by atoms with Gasteiger partial charge in [0.2, 0.25) is 0 Å². The van der Waals surface area contributed by atoms with Gasteiger partial charge in [0.15, 0.2) is 8.38 Å². The Labute approximate surface area is 154 Å². The summed E-state index contributed by atoms with van der Waals surface area (Å²) in [7, 11) is 0.376. The highest BCUT2D eigenvalue weighted by Crippen LogP contribution is 2.53. The summed E-state index contributed by atoms with van der Waals surface area (Å²) in [6, 6.07) is 14.0. The molecule has 0 saturated heterocycles. The summed E-state index contributed by atoms with van der Waals surface area (Å²) in [5, 5.41) is 14.2. The number of nitro benzene ring substituents is 1. The Morgan fingerprint density at radius 3 is 2.08 bits per heavy atom. The molecule has 0 amide bonds. The zero-order valence-corrected chi connectivity index (χ0v) is 15.9. The monoisotopic (exact) mass is 378 g/mol. The predicted octanol–water partition coefficient (Wildman–Crippen LogP) is 5.10. The number of nitrogens with one attached hydrogen (secondary N) is 1. The number of non-ortho nitro benzene ring substituents is 1. The van der Waals surface area contributed by atoms with Crippen LogP contribution in [-0.4, -0.2) is 25.2 Å². The molecule has 0 aromatic heterocycles. The van der Waals surface area contributed by atoms with Crippen molar-refractivity contribution >= 4 is 19.8 Å². The number of hydrogen-bond acceptors (Lipinski definition) is 6. The van der Waals surface area contributed by atoms with Crippen LogP contribution in [0.15, 0.2) is 48.5 Å². The molecule has 0 aliphatic carbocycles. The molecule has 0 heterocycles. The number of nitro groups is 1. The van der Waals surface area contributed by atoms with E-state index in [1.165, 1.54) is 12.1 Å². The van der Waals surface area contributed by atoms with Crippen molar-refractivity contribution in [1.29, 1.82) is 0 Å². The molecule has 1 N–H and O–H groups in total. The first kappa shape index (κ1) is 20.1. The van der Waals surface area contributed by atoms with Gasteiger partial charge in [-0.3, -0.25) is 10.1 Å². The van der Waals surface area contributed by atoms with Gasteiger partial charge >= 0.3 is 0 Å². The zero-order valence-electron chi connectivity index (χ0n) is 15.0. The van der Waals surface area contributed by atoms with Gasteiger partial charge in [-0.25, -0.2) is 0 Å². The molecule has 0 saturated carbocycles. The average molecular weight is 378 g/mol. The molecule has 1 atom stereocenters. The van der Waals surface area contributed by atoms with E-state index in [1.807, 2.05) is 38.1 Å². The van der Waals surface area contributed by atoms with E-state index in [-0.39, 0.29) is 11.5 Å². The van der Waals surface area contributed by atoms with Crippen molar-refractivity contribution in [3.63, 3.8) is 0 Å². The number of rotatable bonds is 10. The minimum Gasteiger partial charge on any atom is -0.497 e. The molecule has 0 aliphatic heterocycles. The summed E-state index contributed by atoms with van der Waals surface area (Å²) in [5.41, 5.74) is 1.79. The molecule has 140 valence electrons. The van der Waals surface area contributed by atoms with Gasteiger partial charge in [-0.2, -0.15) is 0 Å². The number of nitrogens with zero attached hydrogens (tertiary/aromatic N) is 1. The summed E-state index contributed by atoms with van der Waals surface area (Å²) in [6.45, 7) is 4.90. The van der Waals surface area contributed by atoms with Gasteiger partial charge in [0.05, 0.1) is 25.2 Å². The normalized spacial score (nSPS) is 12.0. The Morgan fingerprint density at radius 1 is 1.04 bits per heavy atom. The molecule has 0 spiro atoms. The van der Waals surface area contributed by atoms with E-state index in [4.69, 9.17) is 13.8 Å². The van der Waals surface area contributed by atoms with Crippen molar-refractivity contribution in [1.82, 2.24) is 0 Å². The summed E-state index contributed by atoms with van der Waals surface area (Å²) in [6.07, 6.45) is 0. The third-order valence-electron chi connectivity index (χ3n) is 3.54. The SMILES string of the molecule is CCOP(OCC)C(Nc1ccc([N+](=O)[O-])cc1)c1ccc(OC)cc1. The van der Waals surface area contributed by atoms with Gasteiger partial charge in [-0.1, -0.05) is 12.1 Å². The molecule has 0 aliphatic rings. The van der Waals surface area contributed by atoms with Crippen LogP contribution >= 0.6 is 8.38 Å². The van der Waals surface area contributed by atoms with Crippen molar-refractivity contribution in [3.05, 3.63) is 64.2 Å². The van der Waals surface area contributed by atoms with E-state index >= 15 is 0 Å². The lowest BCUT2D eigenvalue weighted by Crippen LogP contribution is -2.12. The van der Waals surface area contributed by atoms with E-state index in [1.54, 1.807) is 19.2 Å². The van der Waals surface area contributed by atoms with Crippen LogP contribution in [0.2, 0.25) is 0 Å². The lowest BCUT2D eigenvalue weighted by atomic mass is 10.2. The van der Waals surface area contributed by atoms with Gasteiger partial charge in [0.25, 0.3) is 5.69 Å². The quantitative estimate of drug-likeness (QED) is 0.352. The van der Waals surface area contributed by atoms with Gasteiger partial charge < -0.3 is 19.1 Å². The highest BCUT2D eigenvalue weighted by molar-refractivity contribution is 7.47. The van der Waals surface area contributed by atoms with E-state index in [2.05, 4.69) is 5.32 Å².